The van der Waals surface area contributed by atoms with Gasteiger partial charge in [-0.1, -0.05) is 25.0 Å². The van der Waals surface area contributed by atoms with E-state index in [0.29, 0.717) is 18.7 Å². The summed E-state index contributed by atoms with van der Waals surface area (Å²) in [5, 5.41) is 12.6. The van der Waals surface area contributed by atoms with Crippen LogP contribution in [0.15, 0.2) is 24.3 Å². The largest absolute Gasteiger partial charge is 0.481 e. The number of carbonyl (C=O) groups is 2. The molecular weight excluding hydrogens is 268 g/mol. The summed E-state index contributed by atoms with van der Waals surface area (Å²) in [4.78, 5) is 22.4. The second-order valence-electron chi connectivity index (χ2n) is 5.68. The lowest BCUT2D eigenvalue weighted by molar-refractivity contribution is -0.144. The van der Waals surface area contributed by atoms with Crippen LogP contribution in [0.5, 0.6) is 0 Å². The van der Waals surface area contributed by atoms with Crippen LogP contribution in [0.2, 0.25) is 0 Å². The maximum atomic E-state index is 11.2. The van der Waals surface area contributed by atoms with E-state index in [2.05, 4.69) is 5.32 Å². The van der Waals surface area contributed by atoms with Crippen molar-refractivity contribution < 1.29 is 14.7 Å². The molecule has 0 aliphatic heterocycles. The molecule has 0 spiro atoms. The van der Waals surface area contributed by atoms with E-state index in [0.717, 1.165) is 31.2 Å². The fraction of sp³-hybridized carbons (Fsp3) is 0.500. The molecule has 0 heterocycles. The predicted molar refractivity (Wildman–Crippen MR) is 79.8 cm³/mol. The number of carboxylic acid groups (broad SMARTS) is 1. The van der Waals surface area contributed by atoms with Crippen LogP contribution in [-0.2, 0) is 11.3 Å². The molecule has 1 aromatic rings. The Labute approximate surface area is 124 Å². The molecule has 2 unspecified atom stereocenters. The normalized spacial score (nSPS) is 21.9. The SMILES string of the molecule is NC(=O)c1cccc(CNCC2CCCCC2C(=O)O)c1. The molecule has 2 rings (SSSR count). The lowest BCUT2D eigenvalue weighted by atomic mass is 9.79. The smallest absolute Gasteiger partial charge is 0.306 e. The highest BCUT2D eigenvalue weighted by atomic mass is 16.4. The van der Waals surface area contributed by atoms with Crippen LogP contribution in [0, 0.1) is 11.8 Å². The van der Waals surface area contributed by atoms with Crippen molar-refractivity contribution in [2.45, 2.75) is 32.2 Å². The summed E-state index contributed by atoms with van der Waals surface area (Å²) in [6.45, 7) is 1.31. The first kappa shape index (κ1) is 15.5. The van der Waals surface area contributed by atoms with Gasteiger partial charge in [0.1, 0.15) is 0 Å². The van der Waals surface area contributed by atoms with Crippen LogP contribution in [0.4, 0.5) is 0 Å². The van der Waals surface area contributed by atoms with Crippen molar-refractivity contribution in [3.8, 4) is 0 Å². The van der Waals surface area contributed by atoms with Crippen molar-refractivity contribution in [3.05, 3.63) is 35.4 Å². The molecule has 0 saturated heterocycles. The van der Waals surface area contributed by atoms with Gasteiger partial charge in [0.05, 0.1) is 5.92 Å². The number of benzene rings is 1. The van der Waals surface area contributed by atoms with Gasteiger partial charge in [0.15, 0.2) is 0 Å². The standard InChI is InChI=1S/C16H22N2O3/c17-15(19)12-6-3-4-11(8-12)9-18-10-13-5-1-2-7-14(13)16(20)21/h3-4,6,8,13-14,18H,1-2,5,7,9-10H2,(H2,17,19)(H,20,21). The van der Waals surface area contributed by atoms with E-state index in [-0.39, 0.29) is 11.8 Å². The Balaban J connectivity index is 1.87. The molecule has 114 valence electrons. The van der Waals surface area contributed by atoms with Crippen molar-refractivity contribution in [2.24, 2.45) is 17.6 Å². The zero-order chi connectivity index (χ0) is 15.2. The Morgan fingerprint density at radius 1 is 1.29 bits per heavy atom. The molecule has 2 atom stereocenters. The van der Waals surface area contributed by atoms with Gasteiger partial charge in [0.25, 0.3) is 0 Å². The fourth-order valence-corrected chi connectivity index (χ4v) is 3.01. The second kappa shape index (κ2) is 7.22. The molecule has 1 aliphatic carbocycles. The van der Waals surface area contributed by atoms with Crippen LogP contribution >= 0.6 is 0 Å². The fourth-order valence-electron chi connectivity index (χ4n) is 3.01. The molecule has 1 fully saturated rings. The van der Waals surface area contributed by atoms with E-state index >= 15 is 0 Å². The number of nitrogens with one attached hydrogen (secondary N) is 1. The van der Waals surface area contributed by atoms with Crippen LogP contribution in [-0.4, -0.2) is 23.5 Å². The number of carbonyl (C=O) groups excluding carboxylic acids is 1. The second-order valence-corrected chi connectivity index (χ2v) is 5.68. The van der Waals surface area contributed by atoms with E-state index in [9.17, 15) is 14.7 Å². The molecule has 0 bridgehead atoms. The zero-order valence-corrected chi connectivity index (χ0v) is 12.0. The van der Waals surface area contributed by atoms with Gasteiger partial charge >= 0.3 is 5.97 Å². The molecule has 4 N–H and O–H groups in total. The van der Waals surface area contributed by atoms with E-state index < -0.39 is 11.9 Å². The van der Waals surface area contributed by atoms with Crippen molar-refractivity contribution in [1.82, 2.24) is 5.32 Å². The van der Waals surface area contributed by atoms with Crippen molar-refractivity contribution in [1.29, 1.82) is 0 Å². The number of nitrogens with two attached hydrogens (primary N) is 1. The van der Waals surface area contributed by atoms with Crippen molar-refractivity contribution in [2.75, 3.05) is 6.54 Å². The summed E-state index contributed by atoms with van der Waals surface area (Å²) in [5.41, 5.74) is 6.73. The predicted octanol–water partition coefficient (Wildman–Crippen LogP) is 1.77. The van der Waals surface area contributed by atoms with E-state index in [1.807, 2.05) is 6.07 Å². The van der Waals surface area contributed by atoms with Gasteiger partial charge in [-0.05, 0) is 43.0 Å². The van der Waals surface area contributed by atoms with Crippen LogP contribution < -0.4 is 11.1 Å². The number of primary amides is 1. The topological polar surface area (TPSA) is 92.4 Å². The van der Waals surface area contributed by atoms with Gasteiger partial charge in [-0.15, -0.1) is 0 Å². The molecule has 1 saturated carbocycles. The van der Waals surface area contributed by atoms with Gasteiger partial charge in [0, 0.05) is 12.1 Å². The van der Waals surface area contributed by atoms with E-state index in [1.165, 1.54) is 0 Å². The number of amides is 1. The van der Waals surface area contributed by atoms with E-state index in [1.54, 1.807) is 18.2 Å². The molecule has 1 aromatic carbocycles. The minimum Gasteiger partial charge on any atom is -0.481 e. The molecule has 0 aromatic heterocycles. The Morgan fingerprint density at radius 3 is 2.76 bits per heavy atom. The Morgan fingerprint density at radius 2 is 2.05 bits per heavy atom. The van der Waals surface area contributed by atoms with Crippen molar-refractivity contribution in [3.63, 3.8) is 0 Å². The highest BCUT2D eigenvalue weighted by Gasteiger charge is 2.30. The lowest BCUT2D eigenvalue weighted by Gasteiger charge is -2.28. The maximum Gasteiger partial charge on any atom is 0.306 e. The first-order chi connectivity index (χ1) is 10.1. The Hall–Kier alpha value is -1.88. The number of carboxylic acids is 1. The first-order valence-corrected chi connectivity index (χ1v) is 7.40. The minimum absolute atomic E-state index is 0.190. The van der Waals surface area contributed by atoms with Gasteiger partial charge < -0.3 is 16.2 Å². The molecule has 21 heavy (non-hydrogen) atoms. The molecule has 1 amide bonds. The summed E-state index contributed by atoms with van der Waals surface area (Å²) in [6, 6.07) is 7.19. The summed E-state index contributed by atoms with van der Waals surface area (Å²) in [7, 11) is 0. The first-order valence-electron chi connectivity index (χ1n) is 7.40. The Kier molecular flexibility index (Phi) is 5.33. The quantitative estimate of drug-likeness (QED) is 0.744. The summed E-state index contributed by atoms with van der Waals surface area (Å²) in [6.07, 6.45) is 3.85. The van der Waals surface area contributed by atoms with Crippen LogP contribution in [0.25, 0.3) is 0 Å². The third-order valence-corrected chi connectivity index (χ3v) is 4.17. The Bertz CT molecular complexity index is 516. The summed E-state index contributed by atoms with van der Waals surface area (Å²) >= 11 is 0. The van der Waals surface area contributed by atoms with Gasteiger partial charge in [-0.2, -0.15) is 0 Å². The third kappa shape index (κ3) is 4.29. The van der Waals surface area contributed by atoms with Gasteiger partial charge in [0.2, 0.25) is 5.91 Å². The van der Waals surface area contributed by atoms with Crippen LogP contribution in [0.3, 0.4) is 0 Å². The molecule has 5 nitrogen and oxygen atoms in total. The highest BCUT2D eigenvalue weighted by molar-refractivity contribution is 5.92. The summed E-state index contributed by atoms with van der Waals surface area (Å²) < 4.78 is 0. The van der Waals surface area contributed by atoms with E-state index in [4.69, 9.17) is 5.73 Å². The lowest BCUT2D eigenvalue weighted by Crippen LogP contribution is -2.34. The highest BCUT2D eigenvalue weighted by Crippen LogP contribution is 2.29. The average molecular weight is 290 g/mol. The van der Waals surface area contributed by atoms with Crippen molar-refractivity contribution >= 4 is 11.9 Å². The van der Waals surface area contributed by atoms with Gasteiger partial charge in [-0.25, -0.2) is 0 Å². The third-order valence-electron chi connectivity index (χ3n) is 4.17. The zero-order valence-electron chi connectivity index (χ0n) is 12.0. The van der Waals surface area contributed by atoms with Gasteiger partial charge in [-0.3, -0.25) is 9.59 Å². The average Bonchev–Trinajstić information content (AvgIpc) is 2.48. The molecule has 1 aliphatic rings. The number of aliphatic carboxylic acids is 1. The van der Waals surface area contributed by atoms with Crippen LogP contribution in [0.1, 0.15) is 41.6 Å². The monoisotopic (exact) mass is 290 g/mol. The maximum absolute atomic E-state index is 11.2. The molecule has 0 radical (unpaired) electrons. The molecule has 5 heteroatoms. The number of hydrogen-bond donors (Lipinski definition) is 3. The summed E-state index contributed by atoms with van der Waals surface area (Å²) in [5.74, 6) is -1.16. The minimum atomic E-state index is -0.683. The number of rotatable bonds is 6. The molecular formula is C16H22N2O3. The number of hydrogen-bond acceptors (Lipinski definition) is 3.